The number of fused-ring (bicyclic) bond motifs is 1. The van der Waals surface area contributed by atoms with Crippen LogP contribution in [0.25, 0.3) is 10.2 Å². The van der Waals surface area contributed by atoms with Crippen LogP contribution in [-0.2, 0) is 32.7 Å². The molecule has 0 saturated carbocycles. The Labute approximate surface area is 166 Å². The number of thiazole rings is 1. The van der Waals surface area contributed by atoms with Crippen molar-refractivity contribution < 1.29 is 47.2 Å². The molecule has 0 atom stereocenters. The van der Waals surface area contributed by atoms with Crippen LogP contribution in [0.4, 0.5) is 15.6 Å². The molecule has 3 rings (SSSR count). The molecule has 1 heterocycles. The number of nitrogens with zero attached hydrogens (tertiary/aromatic N) is 2. The van der Waals surface area contributed by atoms with Crippen LogP contribution in [0.15, 0.2) is 36.4 Å². The van der Waals surface area contributed by atoms with E-state index in [0.717, 1.165) is 15.8 Å². The first-order valence-corrected chi connectivity index (χ1v) is 7.35. The number of rotatable bonds is 3. The molecule has 0 unspecified atom stereocenters. The smallest absolute Gasteiger partial charge is 0.410 e. The van der Waals surface area contributed by atoms with Gasteiger partial charge in [0.05, 0.1) is 4.92 Å². The van der Waals surface area contributed by atoms with E-state index in [9.17, 15) is 14.9 Å². The van der Waals surface area contributed by atoms with Gasteiger partial charge in [0, 0.05) is 44.8 Å². The van der Waals surface area contributed by atoms with Crippen LogP contribution in [-0.4, -0.2) is 16.0 Å². The number of carbonyl (C=O) groups excluding carboxylic acids is 1. The summed E-state index contributed by atoms with van der Waals surface area (Å²) < 4.78 is 5.96. The normalized spacial score (nSPS) is 10.0. The maximum atomic E-state index is 11.8. The van der Waals surface area contributed by atoms with Gasteiger partial charge in [-0.25, -0.2) is 9.78 Å². The van der Waals surface area contributed by atoms with Crippen LogP contribution >= 0.6 is 11.3 Å². The molecule has 0 spiro atoms. The van der Waals surface area contributed by atoms with Crippen LogP contribution < -0.4 is 10.1 Å². The van der Waals surface area contributed by atoms with E-state index in [-0.39, 0.29) is 44.1 Å². The Morgan fingerprint density at radius 3 is 2.75 bits per heavy atom. The second-order valence-corrected chi connectivity index (χ2v) is 5.68. The molecule has 119 valence electrons. The number of amides is 1. The molecular formula is C15H10N3O4SY-. The fraction of sp³-hybridized carbons (Fsp3) is 0.0667. The molecule has 1 radical (unpaired) electrons. The van der Waals surface area contributed by atoms with Crippen LogP contribution in [0.1, 0.15) is 5.56 Å². The first kappa shape index (κ1) is 18.4. The van der Waals surface area contributed by atoms with Gasteiger partial charge in [0.15, 0.2) is 5.13 Å². The summed E-state index contributed by atoms with van der Waals surface area (Å²) in [4.78, 5) is 26.2. The summed E-state index contributed by atoms with van der Waals surface area (Å²) in [6, 6.07) is 12.0. The van der Waals surface area contributed by atoms with Gasteiger partial charge >= 0.3 is 6.09 Å². The van der Waals surface area contributed by atoms with E-state index in [1.54, 1.807) is 0 Å². The molecule has 3 aromatic rings. The maximum absolute atomic E-state index is 11.8. The zero-order chi connectivity index (χ0) is 16.4. The summed E-state index contributed by atoms with van der Waals surface area (Å²) in [6.07, 6.45) is -0.710. The van der Waals surface area contributed by atoms with Crippen molar-refractivity contribution in [3.63, 3.8) is 0 Å². The summed E-state index contributed by atoms with van der Waals surface area (Å²) >= 11 is 1.31. The Hall–Kier alpha value is -1.90. The molecule has 0 aliphatic carbocycles. The van der Waals surface area contributed by atoms with Crippen LogP contribution in [0, 0.1) is 23.1 Å². The number of aromatic nitrogens is 1. The molecule has 0 saturated heterocycles. The second-order valence-electron chi connectivity index (χ2n) is 4.65. The Morgan fingerprint density at radius 1 is 1.38 bits per heavy atom. The van der Waals surface area contributed by atoms with Gasteiger partial charge in [-0.15, -0.1) is 6.07 Å². The molecule has 7 nitrogen and oxygen atoms in total. The second kappa shape index (κ2) is 7.78. The molecule has 24 heavy (non-hydrogen) atoms. The third kappa shape index (κ3) is 4.34. The minimum Gasteiger partial charge on any atom is -0.410 e. The van der Waals surface area contributed by atoms with E-state index in [4.69, 9.17) is 4.74 Å². The summed E-state index contributed by atoms with van der Waals surface area (Å²) in [5.41, 5.74) is 1.66. The van der Waals surface area contributed by atoms with Crippen LogP contribution in [0.3, 0.4) is 0 Å². The van der Waals surface area contributed by atoms with Crippen LogP contribution in [0.5, 0.6) is 5.75 Å². The maximum Gasteiger partial charge on any atom is 0.418 e. The number of nitrogens with one attached hydrogen (secondary N) is 1. The minimum atomic E-state index is -0.710. The van der Waals surface area contributed by atoms with Gasteiger partial charge in [0.25, 0.3) is 5.69 Å². The summed E-state index contributed by atoms with van der Waals surface area (Å²) in [5, 5.41) is 13.5. The SMILES string of the molecule is Cc1[c-]cc2sc(NC(=O)Oc3ccc([N+](=O)[O-])cc3)nc2c1.[Y]. The molecule has 0 aliphatic heterocycles. The van der Waals surface area contributed by atoms with Crippen LogP contribution in [0.2, 0.25) is 0 Å². The van der Waals surface area contributed by atoms with E-state index in [2.05, 4.69) is 16.4 Å². The van der Waals surface area contributed by atoms with Crippen molar-refractivity contribution in [1.82, 2.24) is 4.98 Å². The summed E-state index contributed by atoms with van der Waals surface area (Å²) in [6.45, 7) is 1.91. The Bertz CT molecular complexity index is 895. The molecule has 1 amide bonds. The number of benzene rings is 2. The number of carbonyl (C=O) groups is 1. The number of hydrogen-bond donors (Lipinski definition) is 1. The third-order valence-electron chi connectivity index (χ3n) is 2.93. The number of nitro groups is 1. The average molecular weight is 417 g/mol. The number of non-ortho nitro benzene ring substituents is 1. The van der Waals surface area contributed by atoms with E-state index in [1.807, 2.05) is 19.1 Å². The molecule has 0 bridgehead atoms. The summed E-state index contributed by atoms with van der Waals surface area (Å²) in [7, 11) is 0. The van der Waals surface area contributed by atoms with Gasteiger partial charge in [-0.3, -0.25) is 15.4 Å². The molecule has 1 aromatic heterocycles. The van der Waals surface area contributed by atoms with E-state index in [0.29, 0.717) is 5.13 Å². The van der Waals surface area contributed by atoms with Crippen molar-refractivity contribution in [2.75, 3.05) is 5.32 Å². The van der Waals surface area contributed by atoms with Gasteiger partial charge in [-0.05, 0) is 17.6 Å². The number of anilines is 1. The number of nitro benzene ring substituents is 1. The largest absolute Gasteiger partial charge is 0.418 e. The molecule has 9 heteroatoms. The zero-order valence-electron chi connectivity index (χ0n) is 12.5. The zero-order valence-corrected chi connectivity index (χ0v) is 16.1. The fourth-order valence-corrected chi connectivity index (χ4v) is 2.70. The quantitative estimate of drug-likeness (QED) is 0.396. The predicted molar refractivity (Wildman–Crippen MR) is 85.9 cm³/mol. The van der Waals surface area contributed by atoms with Gasteiger partial charge in [0.1, 0.15) is 5.75 Å². The van der Waals surface area contributed by atoms with E-state index in [1.165, 1.54) is 35.6 Å². The number of ether oxygens (including phenoxy) is 1. The predicted octanol–water partition coefficient (Wildman–Crippen LogP) is 3.92. The first-order valence-electron chi connectivity index (χ1n) is 6.53. The summed E-state index contributed by atoms with van der Waals surface area (Å²) in [5.74, 6) is 0.207. The van der Waals surface area contributed by atoms with E-state index >= 15 is 0 Å². The van der Waals surface area contributed by atoms with Crippen molar-refractivity contribution in [1.29, 1.82) is 0 Å². The topological polar surface area (TPSA) is 94.4 Å². The van der Waals surface area contributed by atoms with Crippen molar-refractivity contribution in [2.24, 2.45) is 0 Å². The van der Waals surface area contributed by atoms with Gasteiger partial charge in [0.2, 0.25) is 0 Å². The van der Waals surface area contributed by atoms with Crippen molar-refractivity contribution in [3.05, 3.63) is 58.1 Å². The molecular weight excluding hydrogens is 407 g/mol. The minimum absolute atomic E-state index is 0. The standard InChI is InChI=1S/C15H10N3O4S.Y/c1-9-2-7-13-12(8-9)16-14(23-13)17-15(19)22-11-5-3-10(4-6-11)18(20)21;/h3-8H,1H3,(H,16,17,19);/q-1;. The van der Waals surface area contributed by atoms with Gasteiger partial charge in [-0.2, -0.15) is 29.0 Å². The van der Waals surface area contributed by atoms with Crippen molar-refractivity contribution in [2.45, 2.75) is 6.92 Å². The number of hydrogen-bond acceptors (Lipinski definition) is 6. The first-order chi connectivity index (χ1) is 11.0. The molecule has 1 N–H and O–H groups in total. The Balaban J connectivity index is 0.00000208. The molecule has 2 aromatic carbocycles. The van der Waals surface area contributed by atoms with Gasteiger partial charge < -0.3 is 4.74 Å². The monoisotopic (exact) mass is 417 g/mol. The fourth-order valence-electron chi connectivity index (χ4n) is 1.89. The van der Waals surface area contributed by atoms with E-state index < -0.39 is 11.0 Å². The van der Waals surface area contributed by atoms with Crippen molar-refractivity contribution in [3.8, 4) is 5.75 Å². The third-order valence-corrected chi connectivity index (χ3v) is 3.87. The molecule has 0 fully saturated rings. The van der Waals surface area contributed by atoms with Gasteiger partial charge in [-0.1, -0.05) is 11.6 Å². The average Bonchev–Trinajstić information content (AvgIpc) is 2.88. The van der Waals surface area contributed by atoms with Crippen molar-refractivity contribution >= 4 is 38.5 Å². The molecule has 0 aliphatic rings. The Morgan fingerprint density at radius 2 is 2.08 bits per heavy atom. The number of aryl methyl sites for hydroxylation is 1. The Kier molecular flexibility index (Phi) is 5.98.